The molecule has 3 aromatic rings. The summed E-state index contributed by atoms with van der Waals surface area (Å²) in [5.74, 6) is -0.0694. The number of carbonyl (C=O) groups is 1. The van der Waals surface area contributed by atoms with Gasteiger partial charge in [-0.1, -0.05) is 18.2 Å². The number of aromatic nitrogens is 1. The summed E-state index contributed by atoms with van der Waals surface area (Å²) in [4.78, 5) is 23.9. The third-order valence-corrected chi connectivity index (χ3v) is 8.84. The molecule has 2 saturated heterocycles. The Labute approximate surface area is 241 Å². The molecule has 0 aliphatic carbocycles. The zero-order chi connectivity index (χ0) is 29.1. The lowest BCUT2D eigenvalue weighted by atomic mass is 9.95. The summed E-state index contributed by atoms with van der Waals surface area (Å²) in [7, 11) is -3.98. The SMILES string of the molecule is Cc1ccc(C(=O)N2CCN(c3cccnc3S(N)(=O)=O)CC2)c(C)c1N(c1ccccc1C#N)C1CCNCC1. The standard InChI is InChI=1S/C30H35N7O3S/c1-21-9-10-25(30(38)36-18-16-35(17-19-36)27-8-5-13-34-29(27)41(32,39)40)22(2)28(21)37(24-11-14-33-15-12-24)26-7-4-3-6-23(26)20-31/h3-10,13,24,33H,11-12,14-19H2,1-2H3,(H2,32,39,40). The number of nitriles is 1. The third kappa shape index (κ3) is 5.77. The zero-order valence-electron chi connectivity index (χ0n) is 23.4. The van der Waals surface area contributed by atoms with Crippen molar-refractivity contribution >= 4 is 33.0 Å². The molecule has 2 aliphatic rings. The van der Waals surface area contributed by atoms with E-state index in [-0.39, 0.29) is 17.0 Å². The smallest absolute Gasteiger partial charge is 0.257 e. The van der Waals surface area contributed by atoms with Gasteiger partial charge in [0.1, 0.15) is 6.07 Å². The largest absolute Gasteiger partial charge is 0.366 e. The Balaban J connectivity index is 1.45. The lowest BCUT2D eigenvalue weighted by Crippen LogP contribution is -2.49. The number of aryl methyl sites for hydroxylation is 1. The predicted molar refractivity (Wildman–Crippen MR) is 159 cm³/mol. The molecule has 10 nitrogen and oxygen atoms in total. The van der Waals surface area contributed by atoms with E-state index in [1.807, 2.05) is 53.1 Å². The van der Waals surface area contributed by atoms with Crippen LogP contribution in [0.5, 0.6) is 0 Å². The molecule has 41 heavy (non-hydrogen) atoms. The van der Waals surface area contributed by atoms with Crippen molar-refractivity contribution in [3.63, 3.8) is 0 Å². The van der Waals surface area contributed by atoms with Gasteiger partial charge in [-0.05, 0) is 81.2 Å². The summed E-state index contributed by atoms with van der Waals surface area (Å²) < 4.78 is 24.1. The molecular weight excluding hydrogens is 538 g/mol. The number of primary sulfonamides is 1. The van der Waals surface area contributed by atoms with Gasteiger partial charge in [0.15, 0.2) is 5.03 Å². The normalized spacial score (nSPS) is 16.3. The van der Waals surface area contributed by atoms with Crippen LogP contribution in [0.15, 0.2) is 59.8 Å². The van der Waals surface area contributed by atoms with Crippen molar-refractivity contribution in [1.82, 2.24) is 15.2 Å². The van der Waals surface area contributed by atoms with Crippen LogP contribution in [0.2, 0.25) is 0 Å². The van der Waals surface area contributed by atoms with E-state index in [4.69, 9.17) is 5.14 Å². The fraction of sp³-hybridized carbons (Fsp3) is 0.367. The van der Waals surface area contributed by atoms with Crippen LogP contribution in [0.1, 0.15) is 39.9 Å². The van der Waals surface area contributed by atoms with Crippen LogP contribution in [0, 0.1) is 25.2 Å². The highest BCUT2D eigenvalue weighted by molar-refractivity contribution is 7.89. The minimum Gasteiger partial charge on any atom is -0.366 e. The number of hydrogen-bond acceptors (Lipinski definition) is 8. The number of sulfonamides is 1. The van der Waals surface area contributed by atoms with Gasteiger partial charge in [0.05, 0.1) is 16.9 Å². The van der Waals surface area contributed by atoms with E-state index in [1.54, 1.807) is 12.1 Å². The van der Waals surface area contributed by atoms with E-state index in [2.05, 4.69) is 28.2 Å². The third-order valence-electron chi connectivity index (χ3n) is 7.99. The van der Waals surface area contributed by atoms with Crippen molar-refractivity contribution in [1.29, 1.82) is 5.26 Å². The van der Waals surface area contributed by atoms with E-state index < -0.39 is 10.0 Å². The molecule has 0 unspecified atom stereocenters. The number of rotatable bonds is 6. The highest BCUT2D eigenvalue weighted by atomic mass is 32.2. The maximum Gasteiger partial charge on any atom is 0.257 e. The molecule has 0 saturated carbocycles. The number of hydrogen-bond donors (Lipinski definition) is 2. The van der Waals surface area contributed by atoms with E-state index in [0.29, 0.717) is 43.0 Å². The summed E-state index contributed by atoms with van der Waals surface area (Å²) in [6.45, 7) is 7.58. The van der Waals surface area contributed by atoms with Crippen LogP contribution in [-0.4, -0.2) is 69.5 Å². The van der Waals surface area contributed by atoms with Crippen molar-refractivity contribution in [2.24, 2.45) is 5.14 Å². The van der Waals surface area contributed by atoms with Crippen LogP contribution in [-0.2, 0) is 10.0 Å². The Kier molecular flexibility index (Phi) is 8.26. The van der Waals surface area contributed by atoms with Gasteiger partial charge in [-0.2, -0.15) is 5.26 Å². The fourth-order valence-corrected chi connectivity index (χ4v) is 6.64. The first-order valence-corrected chi connectivity index (χ1v) is 15.4. The monoisotopic (exact) mass is 573 g/mol. The summed E-state index contributed by atoms with van der Waals surface area (Å²) in [6.07, 6.45) is 3.25. The molecule has 0 radical (unpaired) electrons. The predicted octanol–water partition coefficient (Wildman–Crippen LogP) is 3.07. The maximum atomic E-state index is 13.9. The summed E-state index contributed by atoms with van der Waals surface area (Å²) in [5, 5.41) is 18.6. The number of carbonyl (C=O) groups excluding carboxylic acids is 1. The molecule has 5 rings (SSSR count). The van der Waals surface area contributed by atoms with Crippen LogP contribution in [0.3, 0.4) is 0 Å². The Morgan fingerprint density at radius 3 is 2.44 bits per heavy atom. The number of piperazine rings is 1. The number of nitrogens with two attached hydrogens (primary N) is 1. The molecule has 1 aromatic heterocycles. The number of nitrogens with zero attached hydrogens (tertiary/aromatic N) is 5. The Bertz CT molecular complexity index is 1590. The minimum absolute atomic E-state index is 0.0694. The van der Waals surface area contributed by atoms with E-state index in [1.165, 1.54) is 6.20 Å². The number of pyridine rings is 1. The van der Waals surface area contributed by atoms with Crippen LogP contribution >= 0.6 is 0 Å². The highest BCUT2D eigenvalue weighted by Crippen LogP contribution is 2.39. The van der Waals surface area contributed by atoms with Crippen LogP contribution < -0.4 is 20.3 Å². The second kappa shape index (κ2) is 11.9. The average molecular weight is 574 g/mol. The molecule has 0 atom stereocenters. The van der Waals surface area contributed by atoms with Gasteiger partial charge in [-0.3, -0.25) is 4.79 Å². The van der Waals surface area contributed by atoms with Gasteiger partial charge in [0, 0.05) is 49.7 Å². The molecule has 3 N–H and O–H groups in total. The number of anilines is 3. The van der Waals surface area contributed by atoms with Crippen molar-refractivity contribution in [3.8, 4) is 6.07 Å². The average Bonchev–Trinajstić information content (AvgIpc) is 2.99. The van der Waals surface area contributed by atoms with Crippen molar-refractivity contribution in [2.75, 3.05) is 49.1 Å². The molecule has 0 bridgehead atoms. The maximum absolute atomic E-state index is 13.9. The van der Waals surface area contributed by atoms with Crippen molar-refractivity contribution < 1.29 is 13.2 Å². The Hall–Kier alpha value is -3.98. The van der Waals surface area contributed by atoms with Crippen LogP contribution in [0.4, 0.5) is 17.1 Å². The molecule has 3 heterocycles. The number of nitrogens with one attached hydrogen (secondary N) is 1. The first kappa shape index (κ1) is 28.5. The lowest BCUT2D eigenvalue weighted by molar-refractivity contribution is 0.0746. The van der Waals surface area contributed by atoms with Gasteiger partial charge in [-0.25, -0.2) is 18.5 Å². The van der Waals surface area contributed by atoms with Crippen molar-refractivity contribution in [2.45, 2.75) is 37.8 Å². The molecular formula is C30H35N7O3S. The zero-order valence-corrected chi connectivity index (χ0v) is 24.2. The van der Waals surface area contributed by atoms with Gasteiger partial charge in [0.25, 0.3) is 15.9 Å². The number of piperidine rings is 1. The topological polar surface area (TPSA) is 136 Å². The van der Waals surface area contributed by atoms with Gasteiger partial charge in [-0.15, -0.1) is 0 Å². The van der Waals surface area contributed by atoms with Gasteiger partial charge < -0.3 is 20.0 Å². The van der Waals surface area contributed by atoms with Gasteiger partial charge >= 0.3 is 0 Å². The molecule has 2 aromatic carbocycles. The van der Waals surface area contributed by atoms with E-state index in [9.17, 15) is 18.5 Å². The van der Waals surface area contributed by atoms with Crippen molar-refractivity contribution in [3.05, 3.63) is 77.0 Å². The highest BCUT2D eigenvalue weighted by Gasteiger charge is 2.31. The summed E-state index contributed by atoms with van der Waals surface area (Å²) >= 11 is 0. The second-order valence-corrected chi connectivity index (χ2v) is 12.0. The number of benzene rings is 2. The fourth-order valence-electron chi connectivity index (χ4n) is 5.94. The lowest BCUT2D eigenvalue weighted by Gasteiger charge is -2.39. The Morgan fingerprint density at radius 1 is 1.05 bits per heavy atom. The molecule has 2 fully saturated rings. The Morgan fingerprint density at radius 2 is 1.76 bits per heavy atom. The van der Waals surface area contributed by atoms with Gasteiger partial charge in [0.2, 0.25) is 0 Å². The quantitative estimate of drug-likeness (QED) is 0.459. The van der Waals surface area contributed by atoms with Crippen LogP contribution in [0.25, 0.3) is 0 Å². The van der Waals surface area contributed by atoms with E-state index >= 15 is 0 Å². The molecule has 0 spiro atoms. The second-order valence-electron chi connectivity index (χ2n) is 10.5. The van der Waals surface area contributed by atoms with E-state index in [0.717, 1.165) is 48.4 Å². The molecule has 1 amide bonds. The number of amides is 1. The molecule has 214 valence electrons. The summed E-state index contributed by atoms with van der Waals surface area (Å²) in [6, 6.07) is 17.4. The minimum atomic E-state index is -3.98. The first-order chi connectivity index (χ1) is 19.7. The molecule has 2 aliphatic heterocycles. The first-order valence-electron chi connectivity index (χ1n) is 13.8. The molecule has 11 heteroatoms. The summed E-state index contributed by atoms with van der Waals surface area (Å²) in [5.41, 5.74) is 5.43. The number of para-hydroxylation sites is 1.